The fourth-order valence-corrected chi connectivity index (χ4v) is 3.30. The van der Waals surface area contributed by atoms with Crippen molar-refractivity contribution in [2.75, 3.05) is 18.5 Å². The fourth-order valence-electron chi connectivity index (χ4n) is 2.35. The molecule has 2 aromatic carbocycles. The lowest BCUT2D eigenvalue weighted by Gasteiger charge is -2.07. The Kier molecular flexibility index (Phi) is 4.98. The second-order valence-electron chi connectivity index (χ2n) is 4.96. The van der Waals surface area contributed by atoms with Gasteiger partial charge in [0.05, 0.1) is 13.2 Å². The van der Waals surface area contributed by atoms with E-state index in [9.17, 15) is 0 Å². The minimum atomic E-state index is 0.618. The third kappa shape index (κ3) is 3.56. The van der Waals surface area contributed by atoms with Crippen molar-refractivity contribution in [3.8, 4) is 11.5 Å². The quantitative estimate of drug-likeness (QED) is 0.682. The molecule has 0 amide bonds. The zero-order valence-corrected chi connectivity index (χ0v) is 14.2. The van der Waals surface area contributed by atoms with Gasteiger partial charge in [0.15, 0.2) is 5.13 Å². The van der Waals surface area contributed by atoms with Gasteiger partial charge < -0.3 is 14.8 Å². The maximum absolute atomic E-state index is 5.72. The molecule has 0 saturated carbocycles. The van der Waals surface area contributed by atoms with E-state index in [0.29, 0.717) is 13.2 Å². The summed E-state index contributed by atoms with van der Waals surface area (Å²) in [4.78, 5) is 4.69. The normalized spacial score (nSPS) is 10.7. The van der Waals surface area contributed by atoms with Gasteiger partial charge in [-0.3, -0.25) is 0 Å². The molecular weight excluding hydrogens is 308 g/mol. The van der Waals surface area contributed by atoms with Crippen LogP contribution in [0.15, 0.2) is 42.5 Å². The van der Waals surface area contributed by atoms with E-state index >= 15 is 0 Å². The Morgan fingerprint density at radius 1 is 0.957 bits per heavy atom. The molecule has 23 heavy (non-hydrogen) atoms. The van der Waals surface area contributed by atoms with Crippen LogP contribution in [0.3, 0.4) is 0 Å². The van der Waals surface area contributed by atoms with Gasteiger partial charge in [0, 0.05) is 6.54 Å². The van der Waals surface area contributed by atoms with Gasteiger partial charge in [-0.25, -0.2) is 4.98 Å². The summed E-state index contributed by atoms with van der Waals surface area (Å²) in [6, 6.07) is 14.2. The molecule has 5 heteroatoms. The summed E-state index contributed by atoms with van der Waals surface area (Å²) >= 11 is 1.60. The topological polar surface area (TPSA) is 43.4 Å². The van der Waals surface area contributed by atoms with Crippen molar-refractivity contribution in [2.45, 2.75) is 20.4 Å². The third-order valence-electron chi connectivity index (χ3n) is 3.36. The van der Waals surface area contributed by atoms with E-state index < -0.39 is 0 Å². The van der Waals surface area contributed by atoms with Crippen LogP contribution in [0.2, 0.25) is 0 Å². The predicted molar refractivity (Wildman–Crippen MR) is 95.7 cm³/mol. The average molecular weight is 328 g/mol. The van der Waals surface area contributed by atoms with Crippen LogP contribution in [0.4, 0.5) is 5.13 Å². The van der Waals surface area contributed by atoms with Crippen LogP contribution < -0.4 is 14.8 Å². The van der Waals surface area contributed by atoms with E-state index in [1.54, 1.807) is 11.3 Å². The molecule has 1 aromatic heterocycles. The minimum Gasteiger partial charge on any atom is -0.492 e. The zero-order chi connectivity index (χ0) is 16.1. The molecular formula is C18H20N2O2S. The van der Waals surface area contributed by atoms with Gasteiger partial charge in [-0.05, 0) is 31.5 Å². The molecule has 0 radical (unpaired) electrons. The van der Waals surface area contributed by atoms with Crippen LogP contribution in [-0.4, -0.2) is 18.2 Å². The van der Waals surface area contributed by atoms with Crippen molar-refractivity contribution in [3.63, 3.8) is 0 Å². The van der Waals surface area contributed by atoms with Gasteiger partial charge in [-0.2, -0.15) is 0 Å². The highest BCUT2D eigenvalue weighted by molar-refractivity contribution is 7.22. The first-order valence-corrected chi connectivity index (χ1v) is 8.60. The lowest BCUT2D eigenvalue weighted by Crippen LogP contribution is -1.98. The van der Waals surface area contributed by atoms with Crippen LogP contribution in [0.1, 0.15) is 19.4 Å². The van der Waals surface area contributed by atoms with Crippen molar-refractivity contribution in [1.29, 1.82) is 0 Å². The first-order chi connectivity index (χ1) is 11.3. The Labute approximate surface area is 140 Å². The van der Waals surface area contributed by atoms with E-state index in [1.165, 1.54) is 5.56 Å². The van der Waals surface area contributed by atoms with Gasteiger partial charge in [0.1, 0.15) is 21.7 Å². The molecule has 0 saturated heterocycles. The number of ether oxygens (including phenoxy) is 2. The van der Waals surface area contributed by atoms with Crippen molar-refractivity contribution in [3.05, 3.63) is 48.0 Å². The number of aromatic nitrogens is 1. The molecule has 0 unspecified atom stereocenters. The Morgan fingerprint density at radius 3 is 2.39 bits per heavy atom. The molecule has 0 spiro atoms. The molecule has 1 heterocycles. The molecule has 120 valence electrons. The second kappa shape index (κ2) is 7.33. The summed E-state index contributed by atoms with van der Waals surface area (Å²) < 4.78 is 12.4. The third-order valence-corrected chi connectivity index (χ3v) is 4.38. The highest BCUT2D eigenvalue weighted by Gasteiger charge is 2.14. The number of hydrogen-bond donors (Lipinski definition) is 1. The van der Waals surface area contributed by atoms with Gasteiger partial charge in [0.2, 0.25) is 0 Å². The zero-order valence-electron chi connectivity index (χ0n) is 13.3. The van der Waals surface area contributed by atoms with Gasteiger partial charge in [-0.15, -0.1) is 0 Å². The van der Waals surface area contributed by atoms with Gasteiger partial charge >= 0.3 is 0 Å². The monoisotopic (exact) mass is 328 g/mol. The second-order valence-corrected chi connectivity index (χ2v) is 5.96. The minimum absolute atomic E-state index is 0.618. The number of nitrogens with one attached hydrogen (secondary N) is 1. The number of hydrogen-bond acceptors (Lipinski definition) is 5. The van der Waals surface area contributed by atoms with Crippen LogP contribution >= 0.6 is 11.3 Å². The van der Waals surface area contributed by atoms with E-state index in [2.05, 4.69) is 17.4 Å². The maximum Gasteiger partial charge on any atom is 0.184 e. The molecule has 0 aliphatic rings. The standard InChI is InChI=1S/C18H20N2O2S/c1-3-21-14-10-11-15(22-4-2)17-16(14)20-18(23-17)19-12-13-8-6-5-7-9-13/h5-11H,3-4,12H2,1-2H3,(H,19,20). The number of rotatable bonds is 7. The molecule has 3 rings (SSSR count). The van der Waals surface area contributed by atoms with Crippen molar-refractivity contribution in [2.24, 2.45) is 0 Å². The number of anilines is 1. The highest BCUT2D eigenvalue weighted by atomic mass is 32.1. The van der Waals surface area contributed by atoms with Gasteiger partial charge in [-0.1, -0.05) is 41.7 Å². The van der Waals surface area contributed by atoms with Crippen molar-refractivity contribution in [1.82, 2.24) is 4.98 Å². The van der Waals surface area contributed by atoms with E-state index in [0.717, 1.165) is 33.4 Å². The van der Waals surface area contributed by atoms with Crippen molar-refractivity contribution >= 4 is 26.7 Å². The molecule has 0 aliphatic carbocycles. The highest BCUT2D eigenvalue weighted by Crippen LogP contribution is 2.39. The number of fused-ring (bicyclic) bond motifs is 1. The number of nitrogens with zero attached hydrogens (tertiary/aromatic N) is 1. The summed E-state index contributed by atoms with van der Waals surface area (Å²) in [6.07, 6.45) is 0. The Balaban J connectivity index is 1.89. The van der Waals surface area contributed by atoms with Crippen molar-refractivity contribution < 1.29 is 9.47 Å². The summed E-state index contributed by atoms with van der Waals surface area (Å²) in [5.41, 5.74) is 2.08. The molecule has 0 aliphatic heterocycles. The van der Waals surface area contributed by atoms with E-state index in [1.807, 2.05) is 44.2 Å². The molecule has 1 N–H and O–H groups in total. The number of benzene rings is 2. The lowest BCUT2D eigenvalue weighted by molar-refractivity contribution is 0.336. The summed E-state index contributed by atoms with van der Waals surface area (Å²) in [7, 11) is 0. The van der Waals surface area contributed by atoms with Crippen LogP contribution in [0.5, 0.6) is 11.5 Å². The summed E-state index contributed by atoms with van der Waals surface area (Å²) in [5, 5.41) is 4.26. The Hall–Kier alpha value is -2.27. The molecule has 0 atom stereocenters. The predicted octanol–water partition coefficient (Wildman–Crippen LogP) is 4.71. The average Bonchev–Trinajstić information content (AvgIpc) is 3.01. The maximum atomic E-state index is 5.72. The van der Waals surface area contributed by atoms with Crippen LogP contribution in [0.25, 0.3) is 10.2 Å². The largest absolute Gasteiger partial charge is 0.492 e. The molecule has 4 nitrogen and oxygen atoms in total. The molecule has 0 fully saturated rings. The molecule has 0 bridgehead atoms. The summed E-state index contributed by atoms with van der Waals surface area (Å²) in [6.45, 7) is 5.96. The Bertz CT molecular complexity index is 728. The SMILES string of the molecule is CCOc1ccc(OCC)c2sc(NCc3ccccc3)nc12. The fraction of sp³-hybridized carbons (Fsp3) is 0.278. The van der Waals surface area contributed by atoms with Crippen LogP contribution in [-0.2, 0) is 6.54 Å². The molecule has 3 aromatic rings. The summed E-state index contributed by atoms with van der Waals surface area (Å²) in [5.74, 6) is 1.66. The Morgan fingerprint density at radius 2 is 1.65 bits per heavy atom. The smallest absolute Gasteiger partial charge is 0.184 e. The first kappa shape index (κ1) is 15.6. The lowest BCUT2D eigenvalue weighted by atomic mass is 10.2. The van der Waals surface area contributed by atoms with E-state index in [4.69, 9.17) is 14.5 Å². The van der Waals surface area contributed by atoms with Crippen LogP contribution in [0, 0.1) is 0 Å². The van der Waals surface area contributed by atoms with E-state index in [-0.39, 0.29) is 0 Å². The first-order valence-electron chi connectivity index (χ1n) is 7.78. The van der Waals surface area contributed by atoms with Gasteiger partial charge in [0.25, 0.3) is 0 Å². The number of thiazole rings is 1.